The number of imidazole rings is 1. The topological polar surface area (TPSA) is 70.7 Å². The number of thiazole rings is 1. The molecule has 0 aliphatic rings. The van der Waals surface area contributed by atoms with Crippen LogP contribution in [0.25, 0.3) is 11.0 Å². The molecule has 21 heavy (non-hydrogen) atoms. The number of carbonyl (C=O) groups is 1. The second kappa shape index (κ2) is 5.87. The lowest BCUT2D eigenvalue weighted by molar-refractivity contribution is -0.114. The van der Waals surface area contributed by atoms with Crippen LogP contribution in [-0.2, 0) is 10.5 Å². The van der Waals surface area contributed by atoms with Gasteiger partial charge in [0.15, 0.2) is 10.3 Å². The normalized spacial score (nSPS) is 11.0. The van der Waals surface area contributed by atoms with Crippen LogP contribution in [0.2, 0.25) is 0 Å². The molecule has 7 heteroatoms. The third kappa shape index (κ3) is 3.43. The number of nitrogens with zero attached hydrogens (tertiary/aromatic N) is 2. The molecule has 2 heterocycles. The molecule has 0 saturated carbocycles. The van der Waals surface area contributed by atoms with Gasteiger partial charge in [0.2, 0.25) is 5.91 Å². The molecule has 108 valence electrons. The smallest absolute Gasteiger partial charge is 0.223 e. The van der Waals surface area contributed by atoms with E-state index in [2.05, 4.69) is 39.3 Å². The predicted octanol–water partition coefficient (Wildman–Crippen LogP) is 3.58. The number of aromatic amines is 1. The SMILES string of the molecule is CC(=O)Nc1nc(CSc2nc3ccc(C)cc3[nH]2)cs1. The molecule has 1 amide bonds. The molecule has 5 nitrogen and oxygen atoms in total. The summed E-state index contributed by atoms with van der Waals surface area (Å²) >= 11 is 3.04. The first-order valence-electron chi connectivity index (χ1n) is 6.41. The standard InChI is InChI=1S/C14H14N4OS2/c1-8-3-4-11-12(5-8)18-14(17-11)21-7-10-6-20-13(16-10)15-9(2)19/h3-6H,7H2,1-2H3,(H,17,18)(H,15,16,19). The quantitative estimate of drug-likeness (QED) is 0.721. The Hall–Kier alpha value is -1.86. The van der Waals surface area contributed by atoms with Crippen LogP contribution in [0, 0.1) is 6.92 Å². The fourth-order valence-electron chi connectivity index (χ4n) is 1.89. The van der Waals surface area contributed by atoms with E-state index in [-0.39, 0.29) is 5.91 Å². The molecular formula is C14H14N4OS2. The molecule has 1 aromatic carbocycles. The molecule has 2 N–H and O–H groups in total. The van der Waals surface area contributed by atoms with Crippen molar-refractivity contribution in [2.75, 3.05) is 5.32 Å². The average molecular weight is 318 g/mol. The lowest BCUT2D eigenvalue weighted by atomic mass is 10.2. The zero-order valence-electron chi connectivity index (χ0n) is 11.6. The van der Waals surface area contributed by atoms with Gasteiger partial charge in [-0.15, -0.1) is 11.3 Å². The largest absolute Gasteiger partial charge is 0.333 e. The summed E-state index contributed by atoms with van der Waals surface area (Å²) in [7, 11) is 0. The van der Waals surface area contributed by atoms with Crippen LogP contribution in [-0.4, -0.2) is 20.9 Å². The number of nitrogens with one attached hydrogen (secondary N) is 2. The summed E-state index contributed by atoms with van der Waals surface area (Å²) in [5.74, 6) is 0.616. The maximum absolute atomic E-state index is 11.0. The first-order chi connectivity index (χ1) is 10.1. The van der Waals surface area contributed by atoms with Crippen molar-refractivity contribution in [3.8, 4) is 0 Å². The first-order valence-corrected chi connectivity index (χ1v) is 8.28. The highest BCUT2D eigenvalue weighted by atomic mass is 32.2. The van der Waals surface area contributed by atoms with E-state index in [0.717, 1.165) is 27.6 Å². The fourth-order valence-corrected chi connectivity index (χ4v) is 3.53. The van der Waals surface area contributed by atoms with Crippen molar-refractivity contribution >= 4 is 45.2 Å². The third-order valence-corrected chi connectivity index (χ3v) is 4.52. The summed E-state index contributed by atoms with van der Waals surface area (Å²) in [6, 6.07) is 6.16. The van der Waals surface area contributed by atoms with E-state index >= 15 is 0 Å². The van der Waals surface area contributed by atoms with Crippen LogP contribution in [0.15, 0.2) is 28.7 Å². The van der Waals surface area contributed by atoms with Gasteiger partial charge in [-0.1, -0.05) is 17.8 Å². The molecule has 3 aromatic rings. The summed E-state index contributed by atoms with van der Waals surface area (Å²) in [5, 5.41) is 6.15. The molecule has 3 rings (SSSR count). The predicted molar refractivity (Wildman–Crippen MR) is 86.8 cm³/mol. The van der Waals surface area contributed by atoms with Gasteiger partial charge in [-0.3, -0.25) is 4.79 Å². The first kappa shape index (κ1) is 14.1. The number of aryl methyl sites for hydroxylation is 1. The van der Waals surface area contributed by atoms with Gasteiger partial charge in [0.05, 0.1) is 16.7 Å². The molecule has 0 aliphatic heterocycles. The summed E-state index contributed by atoms with van der Waals surface area (Å²) < 4.78 is 0. The molecule has 0 aliphatic carbocycles. The van der Waals surface area contributed by atoms with Gasteiger partial charge < -0.3 is 10.3 Å². The maximum Gasteiger partial charge on any atom is 0.223 e. The highest BCUT2D eigenvalue weighted by molar-refractivity contribution is 7.98. The molecule has 0 spiro atoms. The van der Waals surface area contributed by atoms with E-state index in [4.69, 9.17) is 0 Å². The molecule has 0 atom stereocenters. The number of aromatic nitrogens is 3. The fraction of sp³-hybridized carbons (Fsp3) is 0.214. The van der Waals surface area contributed by atoms with Crippen LogP contribution in [0.5, 0.6) is 0 Å². The minimum absolute atomic E-state index is 0.101. The number of carbonyl (C=O) groups excluding carboxylic acids is 1. The Labute approximate surface area is 130 Å². The molecule has 0 fully saturated rings. The second-order valence-corrected chi connectivity index (χ2v) is 6.50. The molecule has 0 radical (unpaired) electrons. The third-order valence-electron chi connectivity index (χ3n) is 2.81. The Morgan fingerprint density at radius 3 is 3.10 bits per heavy atom. The molecule has 2 aromatic heterocycles. The van der Waals surface area contributed by atoms with Crippen LogP contribution in [0.1, 0.15) is 18.2 Å². The van der Waals surface area contributed by atoms with E-state index in [0.29, 0.717) is 5.13 Å². The van der Waals surface area contributed by atoms with E-state index in [9.17, 15) is 4.79 Å². The van der Waals surface area contributed by atoms with Crippen molar-refractivity contribution in [2.24, 2.45) is 0 Å². The number of amides is 1. The monoisotopic (exact) mass is 318 g/mol. The summed E-state index contributed by atoms with van der Waals surface area (Å²) in [6.07, 6.45) is 0. The lowest BCUT2D eigenvalue weighted by Crippen LogP contribution is -2.05. The Bertz CT molecular complexity index is 793. The van der Waals surface area contributed by atoms with E-state index in [1.54, 1.807) is 11.8 Å². The summed E-state index contributed by atoms with van der Waals surface area (Å²) in [5.41, 5.74) is 4.17. The van der Waals surface area contributed by atoms with E-state index in [1.807, 2.05) is 11.4 Å². The molecule has 0 unspecified atom stereocenters. The lowest BCUT2D eigenvalue weighted by Gasteiger charge is -1.95. The van der Waals surface area contributed by atoms with Gasteiger partial charge in [-0.25, -0.2) is 9.97 Å². The van der Waals surface area contributed by atoms with E-state index in [1.165, 1.54) is 23.8 Å². The zero-order valence-corrected chi connectivity index (χ0v) is 13.3. The van der Waals surface area contributed by atoms with Gasteiger partial charge in [-0.05, 0) is 24.6 Å². The number of hydrogen-bond donors (Lipinski definition) is 2. The number of hydrogen-bond acceptors (Lipinski definition) is 5. The highest BCUT2D eigenvalue weighted by Crippen LogP contribution is 2.25. The van der Waals surface area contributed by atoms with Crippen molar-refractivity contribution in [3.05, 3.63) is 34.8 Å². The number of rotatable bonds is 4. The average Bonchev–Trinajstić information content (AvgIpc) is 3.01. The number of H-pyrrole nitrogens is 1. The van der Waals surface area contributed by atoms with Crippen molar-refractivity contribution in [2.45, 2.75) is 24.8 Å². The highest BCUT2D eigenvalue weighted by Gasteiger charge is 2.07. The molecule has 0 saturated heterocycles. The van der Waals surface area contributed by atoms with Crippen LogP contribution in [0.4, 0.5) is 5.13 Å². The van der Waals surface area contributed by atoms with Crippen LogP contribution in [0.3, 0.4) is 0 Å². The number of fused-ring (bicyclic) bond motifs is 1. The summed E-state index contributed by atoms with van der Waals surface area (Å²) in [6.45, 7) is 3.54. The number of benzene rings is 1. The van der Waals surface area contributed by atoms with Crippen LogP contribution < -0.4 is 5.32 Å². The number of anilines is 1. The van der Waals surface area contributed by atoms with Gasteiger partial charge >= 0.3 is 0 Å². The van der Waals surface area contributed by atoms with Crippen LogP contribution >= 0.6 is 23.1 Å². The molecule has 0 bridgehead atoms. The van der Waals surface area contributed by atoms with Crippen molar-refractivity contribution in [3.63, 3.8) is 0 Å². The number of thioether (sulfide) groups is 1. The Morgan fingerprint density at radius 1 is 1.43 bits per heavy atom. The molecular weight excluding hydrogens is 304 g/mol. The Kier molecular flexibility index (Phi) is 3.94. The Morgan fingerprint density at radius 2 is 2.29 bits per heavy atom. The zero-order chi connectivity index (χ0) is 14.8. The van der Waals surface area contributed by atoms with Gasteiger partial charge in [-0.2, -0.15) is 0 Å². The van der Waals surface area contributed by atoms with Crippen molar-refractivity contribution < 1.29 is 4.79 Å². The summed E-state index contributed by atoms with van der Waals surface area (Å²) in [4.78, 5) is 23.2. The van der Waals surface area contributed by atoms with E-state index < -0.39 is 0 Å². The van der Waals surface area contributed by atoms with Gasteiger partial charge in [0, 0.05) is 18.1 Å². The second-order valence-electron chi connectivity index (χ2n) is 4.68. The minimum Gasteiger partial charge on any atom is -0.333 e. The van der Waals surface area contributed by atoms with Crippen molar-refractivity contribution in [1.82, 2.24) is 15.0 Å². The van der Waals surface area contributed by atoms with Crippen molar-refractivity contribution in [1.29, 1.82) is 0 Å². The Balaban J connectivity index is 1.68. The maximum atomic E-state index is 11.0. The van der Waals surface area contributed by atoms with Gasteiger partial charge in [0.25, 0.3) is 0 Å². The minimum atomic E-state index is -0.101. The van der Waals surface area contributed by atoms with Gasteiger partial charge in [0.1, 0.15) is 0 Å².